The molecular weight excluding hydrogens is 322 g/mol. The average molecular weight is 338 g/mol. The van der Waals surface area contributed by atoms with E-state index in [-0.39, 0.29) is 24.4 Å². The molecule has 0 radical (unpaired) electrons. The van der Waals surface area contributed by atoms with Gasteiger partial charge in [0.25, 0.3) is 5.56 Å². The number of amides is 1. The van der Waals surface area contributed by atoms with Gasteiger partial charge in [-0.05, 0) is 37.0 Å². The molecule has 1 aromatic carbocycles. The fourth-order valence-electron chi connectivity index (χ4n) is 3.25. The van der Waals surface area contributed by atoms with Gasteiger partial charge < -0.3 is 14.5 Å². The van der Waals surface area contributed by atoms with Gasteiger partial charge in [0, 0.05) is 30.6 Å². The van der Waals surface area contributed by atoms with Crippen molar-refractivity contribution in [1.29, 1.82) is 0 Å². The van der Waals surface area contributed by atoms with Crippen molar-refractivity contribution >= 4 is 6.09 Å². The summed E-state index contributed by atoms with van der Waals surface area (Å²) in [5.74, 6) is -1.05. The Bertz CT molecular complexity index is 781. The van der Waals surface area contributed by atoms with Crippen LogP contribution < -0.4 is 5.56 Å². The maximum Gasteiger partial charge on any atom is 0.407 e. The van der Waals surface area contributed by atoms with E-state index in [9.17, 15) is 23.5 Å². The monoisotopic (exact) mass is 338 g/mol. The summed E-state index contributed by atoms with van der Waals surface area (Å²) in [6.45, 7) is 0.261. The Morgan fingerprint density at radius 2 is 2.00 bits per heavy atom. The smallest absolute Gasteiger partial charge is 0.407 e. The Morgan fingerprint density at radius 1 is 1.29 bits per heavy atom. The zero-order chi connectivity index (χ0) is 17.3. The molecule has 1 aliphatic rings. The lowest BCUT2D eigenvalue weighted by Crippen LogP contribution is -2.46. The van der Waals surface area contributed by atoms with Gasteiger partial charge in [-0.25, -0.2) is 13.6 Å². The molecule has 24 heavy (non-hydrogen) atoms. The van der Waals surface area contributed by atoms with Gasteiger partial charge >= 0.3 is 6.09 Å². The maximum absolute atomic E-state index is 13.4. The van der Waals surface area contributed by atoms with Crippen LogP contribution in [0.5, 0.6) is 0 Å². The van der Waals surface area contributed by atoms with Crippen molar-refractivity contribution in [3.05, 3.63) is 57.6 Å². The Hall–Kier alpha value is -2.64. The zero-order valence-electron chi connectivity index (χ0n) is 12.7. The predicted molar refractivity (Wildman–Crippen MR) is 79.9 cm³/mol. The first-order chi connectivity index (χ1) is 11.4. The molecule has 2 aromatic rings. The van der Waals surface area contributed by atoms with Crippen LogP contribution in [0.25, 0.3) is 0 Å². The lowest BCUT2D eigenvalue weighted by Gasteiger charge is -2.37. The first-order valence-electron chi connectivity index (χ1n) is 7.55. The highest BCUT2D eigenvalue weighted by Crippen LogP contribution is 2.32. The van der Waals surface area contributed by atoms with Gasteiger partial charge in [0.05, 0.1) is 0 Å². The minimum atomic E-state index is -1.08. The number of nitrogens with zero attached hydrogens (tertiary/aromatic N) is 1. The average Bonchev–Trinajstić information content (AvgIpc) is 2.92. The number of aromatic amines is 1. The number of nitrogens with one attached hydrogen (secondary N) is 1. The van der Waals surface area contributed by atoms with Crippen LogP contribution in [0.15, 0.2) is 33.6 Å². The highest BCUT2D eigenvalue weighted by molar-refractivity contribution is 5.65. The van der Waals surface area contributed by atoms with Crippen LogP contribution in [0, 0.1) is 11.6 Å². The predicted octanol–water partition coefficient (Wildman–Crippen LogP) is 2.71. The van der Waals surface area contributed by atoms with E-state index in [4.69, 9.17) is 4.52 Å². The second kappa shape index (κ2) is 6.46. The second-order valence-electron chi connectivity index (χ2n) is 5.95. The number of halogens is 2. The minimum absolute atomic E-state index is 0.122. The summed E-state index contributed by atoms with van der Waals surface area (Å²) < 4.78 is 31.8. The van der Waals surface area contributed by atoms with E-state index < -0.39 is 23.8 Å². The molecule has 3 rings (SSSR count). The number of carboxylic acid groups (broad SMARTS) is 1. The number of piperidine rings is 1. The highest BCUT2D eigenvalue weighted by atomic mass is 19.1. The molecule has 2 atom stereocenters. The molecule has 0 saturated carbocycles. The Labute approximate surface area is 135 Å². The summed E-state index contributed by atoms with van der Waals surface area (Å²) in [7, 11) is 0. The van der Waals surface area contributed by atoms with E-state index in [1.165, 1.54) is 23.1 Å². The summed E-state index contributed by atoms with van der Waals surface area (Å²) in [5.41, 5.74) is 0.0364. The van der Waals surface area contributed by atoms with Gasteiger partial charge in [-0.1, -0.05) is 0 Å². The molecule has 2 N–H and O–H groups in total. The lowest BCUT2D eigenvalue weighted by atomic mass is 9.86. The number of aromatic nitrogens is 1. The third kappa shape index (κ3) is 3.47. The van der Waals surface area contributed by atoms with Crippen molar-refractivity contribution in [2.75, 3.05) is 6.54 Å². The highest BCUT2D eigenvalue weighted by Gasteiger charge is 2.34. The summed E-state index contributed by atoms with van der Waals surface area (Å²) in [5, 5.41) is 11.6. The van der Waals surface area contributed by atoms with Crippen molar-refractivity contribution < 1.29 is 23.2 Å². The van der Waals surface area contributed by atoms with Crippen molar-refractivity contribution in [3.63, 3.8) is 0 Å². The first-order valence-corrected chi connectivity index (χ1v) is 7.55. The Kier molecular flexibility index (Phi) is 4.37. The van der Waals surface area contributed by atoms with E-state index in [0.717, 1.165) is 6.07 Å². The summed E-state index contributed by atoms with van der Waals surface area (Å²) in [6, 6.07) is 4.06. The molecule has 1 aromatic heterocycles. The quantitative estimate of drug-likeness (QED) is 0.901. The van der Waals surface area contributed by atoms with E-state index >= 15 is 0 Å². The topological polar surface area (TPSA) is 86.5 Å². The van der Waals surface area contributed by atoms with Gasteiger partial charge in [-0.15, -0.1) is 0 Å². The second-order valence-corrected chi connectivity index (χ2v) is 5.95. The van der Waals surface area contributed by atoms with Crippen molar-refractivity contribution in [2.24, 2.45) is 0 Å². The Balaban J connectivity index is 1.82. The number of carbonyl (C=O) groups is 1. The van der Waals surface area contributed by atoms with Crippen LogP contribution in [0.4, 0.5) is 13.6 Å². The largest absolute Gasteiger partial charge is 0.465 e. The molecular formula is C16H16F2N2O4. The molecule has 1 saturated heterocycles. The van der Waals surface area contributed by atoms with Crippen molar-refractivity contribution in [1.82, 2.24) is 10.1 Å². The zero-order valence-corrected chi connectivity index (χ0v) is 12.7. The SMILES string of the molecule is O=C(O)N1CC[C@H](c2cc(=O)[nH]o2)C[C@H]1Cc1cc(F)cc(F)c1. The van der Waals surface area contributed by atoms with Gasteiger partial charge in [0.15, 0.2) is 0 Å². The molecule has 0 aliphatic carbocycles. The fourth-order valence-corrected chi connectivity index (χ4v) is 3.25. The minimum Gasteiger partial charge on any atom is -0.465 e. The molecule has 1 fully saturated rings. The van der Waals surface area contributed by atoms with E-state index in [2.05, 4.69) is 5.16 Å². The summed E-state index contributed by atoms with van der Waals surface area (Å²) in [4.78, 5) is 23.9. The first kappa shape index (κ1) is 16.2. The van der Waals surface area contributed by atoms with Crippen molar-refractivity contribution in [3.8, 4) is 0 Å². The molecule has 1 aliphatic heterocycles. The molecule has 0 spiro atoms. The molecule has 128 valence electrons. The normalized spacial score (nSPS) is 21.0. The van der Waals surface area contributed by atoms with Crippen LogP contribution in [-0.4, -0.2) is 33.8 Å². The molecule has 6 nitrogen and oxygen atoms in total. The van der Waals surface area contributed by atoms with Crippen LogP contribution in [0.1, 0.15) is 30.1 Å². The number of likely N-dealkylation sites (tertiary alicyclic amines) is 1. The standard InChI is InChI=1S/C16H16F2N2O4/c17-11-3-9(4-12(18)7-11)5-13-6-10(1-2-20(13)16(22)23)14-8-15(21)19-24-14/h3-4,7-8,10,13H,1-2,5-6H2,(H,19,21)(H,22,23)/t10-,13+/m0/s1. The third-order valence-electron chi connectivity index (χ3n) is 4.30. The van der Waals surface area contributed by atoms with Gasteiger partial charge in [-0.2, -0.15) is 5.16 Å². The number of rotatable bonds is 3. The van der Waals surface area contributed by atoms with E-state index in [1.807, 2.05) is 0 Å². The maximum atomic E-state index is 13.4. The summed E-state index contributed by atoms with van der Waals surface area (Å²) in [6.07, 6.45) is 0.0317. The Morgan fingerprint density at radius 3 is 2.58 bits per heavy atom. The lowest BCUT2D eigenvalue weighted by molar-refractivity contribution is 0.0968. The van der Waals surface area contributed by atoms with Crippen LogP contribution >= 0.6 is 0 Å². The van der Waals surface area contributed by atoms with Crippen LogP contribution in [-0.2, 0) is 6.42 Å². The van der Waals surface area contributed by atoms with Gasteiger partial charge in [0.1, 0.15) is 17.4 Å². The van der Waals surface area contributed by atoms with Crippen LogP contribution in [0.2, 0.25) is 0 Å². The van der Waals surface area contributed by atoms with Gasteiger partial charge in [0.2, 0.25) is 0 Å². The van der Waals surface area contributed by atoms with Crippen molar-refractivity contribution in [2.45, 2.75) is 31.2 Å². The number of H-pyrrole nitrogens is 1. The van der Waals surface area contributed by atoms with E-state index in [0.29, 0.717) is 24.2 Å². The molecule has 0 bridgehead atoms. The van der Waals surface area contributed by atoms with Crippen LogP contribution in [0.3, 0.4) is 0 Å². The number of benzene rings is 1. The molecule has 0 unspecified atom stereocenters. The van der Waals surface area contributed by atoms with Gasteiger partial charge in [-0.3, -0.25) is 4.79 Å². The number of hydrogen-bond acceptors (Lipinski definition) is 3. The molecule has 2 heterocycles. The fraction of sp³-hybridized carbons (Fsp3) is 0.375. The number of hydrogen-bond donors (Lipinski definition) is 2. The molecule has 8 heteroatoms. The van der Waals surface area contributed by atoms with E-state index in [1.54, 1.807) is 0 Å². The third-order valence-corrected chi connectivity index (χ3v) is 4.30. The summed E-state index contributed by atoms with van der Waals surface area (Å²) >= 11 is 0. The molecule has 1 amide bonds.